The molecule has 1 rings (SSSR count). The molecule has 13 heavy (non-hydrogen) atoms. The van der Waals surface area contributed by atoms with Crippen LogP contribution in [0.15, 0.2) is 23.8 Å². The minimum absolute atomic E-state index is 0.205. The van der Waals surface area contributed by atoms with Gasteiger partial charge in [0, 0.05) is 0 Å². The van der Waals surface area contributed by atoms with Crippen molar-refractivity contribution in [2.75, 3.05) is 0 Å². The zero-order valence-electron chi connectivity index (χ0n) is 8.44. The summed E-state index contributed by atoms with van der Waals surface area (Å²) in [6.45, 7) is 5.92. The van der Waals surface area contributed by atoms with E-state index < -0.39 is 0 Å². The average molecular weight is 178 g/mol. The van der Waals surface area contributed by atoms with Crippen molar-refractivity contribution in [1.82, 2.24) is 0 Å². The number of ketones is 1. The fourth-order valence-electron chi connectivity index (χ4n) is 1.62. The van der Waals surface area contributed by atoms with Crippen LogP contribution in [-0.2, 0) is 4.79 Å². The highest BCUT2D eigenvalue weighted by Crippen LogP contribution is 2.23. The Morgan fingerprint density at radius 2 is 2.15 bits per heavy atom. The second-order valence-corrected chi connectivity index (χ2v) is 3.68. The summed E-state index contributed by atoms with van der Waals surface area (Å²) >= 11 is 0. The number of hydrogen-bond acceptors (Lipinski definition) is 1. The topological polar surface area (TPSA) is 17.1 Å². The summed E-state index contributed by atoms with van der Waals surface area (Å²) < 4.78 is 0. The van der Waals surface area contributed by atoms with Crippen LogP contribution in [0.5, 0.6) is 0 Å². The number of hydrogen-bond donors (Lipinski definition) is 0. The van der Waals surface area contributed by atoms with Crippen molar-refractivity contribution >= 4 is 5.78 Å². The predicted molar refractivity (Wildman–Crippen MR) is 55.6 cm³/mol. The fourth-order valence-corrected chi connectivity index (χ4v) is 1.62. The van der Waals surface area contributed by atoms with E-state index in [0.717, 1.165) is 30.4 Å². The molecule has 0 aromatic carbocycles. The standard InChI is InChI=1S/C12H18O/c1-3-4-5-6-7-11-9-8-10(2)12(11)13/h9H,2-8H2,1H3. The summed E-state index contributed by atoms with van der Waals surface area (Å²) in [5, 5.41) is 0. The van der Waals surface area contributed by atoms with Crippen LogP contribution in [0.2, 0.25) is 0 Å². The Morgan fingerprint density at radius 1 is 1.38 bits per heavy atom. The van der Waals surface area contributed by atoms with E-state index in [0.29, 0.717) is 0 Å². The Balaban J connectivity index is 2.23. The first-order chi connectivity index (χ1) is 6.25. The van der Waals surface area contributed by atoms with E-state index in [2.05, 4.69) is 13.5 Å². The smallest absolute Gasteiger partial charge is 0.184 e. The van der Waals surface area contributed by atoms with E-state index in [4.69, 9.17) is 0 Å². The first-order valence-corrected chi connectivity index (χ1v) is 5.17. The molecule has 0 unspecified atom stereocenters. The van der Waals surface area contributed by atoms with Crippen LogP contribution in [-0.4, -0.2) is 5.78 Å². The maximum absolute atomic E-state index is 11.4. The summed E-state index contributed by atoms with van der Waals surface area (Å²) in [6, 6.07) is 0. The number of unbranched alkanes of at least 4 members (excludes halogenated alkanes) is 3. The number of rotatable bonds is 5. The molecule has 1 nitrogen and oxygen atoms in total. The monoisotopic (exact) mass is 178 g/mol. The lowest BCUT2D eigenvalue weighted by Gasteiger charge is -2.00. The SMILES string of the molecule is C=C1CC=C(CCCCCC)C1=O. The summed E-state index contributed by atoms with van der Waals surface area (Å²) in [4.78, 5) is 11.4. The van der Waals surface area contributed by atoms with Crippen LogP contribution in [0, 0.1) is 0 Å². The van der Waals surface area contributed by atoms with Crippen molar-refractivity contribution in [3.63, 3.8) is 0 Å². The Labute approximate surface area is 80.5 Å². The summed E-state index contributed by atoms with van der Waals surface area (Å²) in [7, 11) is 0. The lowest BCUT2D eigenvalue weighted by molar-refractivity contribution is -0.112. The highest BCUT2D eigenvalue weighted by Gasteiger charge is 2.17. The summed E-state index contributed by atoms with van der Waals surface area (Å²) in [5.41, 5.74) is 1.77. The molecule has 0 N–H and O–H groups in total. The van der Waals surface area contributed by atoms with Crippen LogP contribution in [0.3, 0.4) is 0 Å². The van der Waals surface area contributed by atoms with Crippen LogP contribution >= 0.6 is 0 Å². The first kappa shape index (κ1) is 10.2. The van der Waals surface area contributed by atoms with Crippen LogP contribution in [0.25, 0.3) is 0 Å². The molecule has 0 aliphatic heterocycles. The summed E-state index contributed by atoms with van der Waals surface area (Å²) in [5.74, 6) is 0.205. The Bertz CT molecular complexity index is 236. The molecule has 0 radical (unpaired) electrons. The molecule has 72 valence electrons. The Morgan fingerprint density at radius 3 is 2.69 bits per heavy atom. The van der Waals surface area contributed by atoms with Crippen molar-refractivity contribution in [3.05, 3.63) is 23.8 Å². The highest BCUT2D eigenvalue weighted by atomic mass is 16.1. The van der Waals surface area contributed by atoms with E-state index in [9.17, 15) is 4.79 Å². The number of carbonyl (C=O) groups is 1. The lowest BCUT2D eigenvalue weighted by atomic mass is 10.0. The van der Waals surface area contributed by atoms with Gasteiger partial charge in [-0.3, -0.25) is 4.79 Å². The van der Waals surface area contributed by atoms with Gasteiger partial charge in [0.25, 0.3) is 0 Å². The van der Waals surface area contributed by atoms with Crippen LogP contribution < -0.4 is 0 Å². The quantitative estimate of drug-likeness (QED) is 0.465. The second kappa shape index (κ2) is 5.00. The van der Waals surface area contributed by atoms with Gasteiger partial charge in [0.05, 0.1) is 0 Å². The van der Waals surface area contributed by atoms with Gasteiger partial charge >= 0.3 is 0 Å². The Kier molecular flexibility index (Phi) is 3.94. The van der Waals surface area contributed by atoms with Crippen molar-refractivity contribution < 1.29 is 4.79 Å². The van der Waals surface area contributed by atoms with Gasteiger partial charge in [-0.15, -0.1) is 0 Å². The highest BCUT2D eigenvalue weighted by molar-refractivity contribution is 6.10. The molecule has 0 amide bonds. The van der Waals surface area contributed by atoms with Gasteiger partial charge in [-0.05, 0) is 30.4 Å². The largest absolute Gasteiger partial charge is 0.289 e. The maximum atomic E-state index is 11.4. The number of allylic oxidation sites excluding steroid dienone is 3. The lowest BCUT2D eigenvalue weighted by Crippen LogP contribution is -1.98. The third-order valence-corrected chi connectivity index (χ3v) is 2.51. The molecule has 0 saturated carbocycles. The Hall–Kier alpha value is -0.850. The molecule has 0 atom stereocenters. The summed E-state index contributed by atoms with van der Waals surface area (Å²) in [6.07, 6.45) is 8.70. The minimum Gasteiger partial charge on any atom is -0.289 e. The molecule has 1 aliphatic carbocycles. The first-order valence-electron chi connectivity index (χ1n) is 5.17. The molecule has 0 spiro atoms. The van der Waals surface area contributed by atoms with Crippen LogP contribution in [0.4, 0.5) is 0 Å². The number of Topliss-reactive ketones (excluding diaryl/α,β-unsaturated/α-hetero) is 1. The van der Waals surface area contributed by atoms with Gasteiger partial charge in [0.1, 0.15) is 0 Å². The molecule has 1 heteroatoms. The van der Waals surface area contributed by atoms with Gasteiger partial charge in [0.2, 0.25) is 0 Å². The zero-order chi connectivity index (χ0) is 9.68. The molecule has 1 aliphatic rings. The second-order valence-electron chi connectivity index (χ2n) is 3.68. The normalized spacial score (nSPS) is 16.5. The molecular formula is C12H18O. The van der Waals surface area contributed by atoms with E-state index >= 15 is 0 Å². The van der Waals surface area contributed by atoms with Gasteiger partial charge in [-0.25, -0.2) is 0 Å². The average Bonchev–Trinajstić information content (AvgIpc) is 2.43. The van der Waals surface area contributed by atoms with E-state index in [1.807, 2.05) is 6.08 Å². The van der Waals surface area contributed by atoms with Crippen LogP contribution in [0.1, 0.15) is 45.4 Å². The van der Waals surface area contributed by atoms with Gasteiger partial charge < -0.3 is 0 Å². The van der Waals surface area contributed by atoms with Crippen molar-refractivity contribution in [1.29, 1.82) is 0 Å². The predicted octanol–water partition coefficient (Wildman–Crippen LogP) is 3.41. The fraction of sp³-hybridized carbons (Fsp3) is 0.583. The molecule has 0 aromatic rings. The van der Waals surface area contributed by atoms with E-state index in [-0.39, 0.29) is 5.78 Å². The molecule has 0 saturated heterocycles. The van der Waals surface area contributed by atoms with E-state index in [1.165, 1.54) is 19.3 Å². The van der Waals surface area contributed by atoms with Crippen molar-refractivity contribution in [3.8, 4) is 0 Å². The number of carbonyl (C=O) groups excluding carboxylic acids is 1. The van der Waals surface area contributed by atoms with Gasteiger partial charge in [0.15, 0.2) is 5.78 Å². The minimum atomic E-state index is 0.205. The van der Waals surface area contributed by atoms with Crippen molar-refractivity contribution in [2.45, 2.75) is 45.4 Å². The molecule has 0 aromatic heterocycles. The van der Waals surface area contributed by atoms with Gasteiger partial charge in [-0.1, -0.05) is 38.8 Å². The molecule has 0 heterocycles. The third-order valence-electron chi connectivity index (χ3n) is 2.51. The molecular weight excluding hydrogens is 160 g/mol. The van der Waals surface area contributed by atoms with Gasteiger partial charge in [-0.2, -0.15) is 0 Å². The molecule has 0 fully saturated rings. The van der Waals surface area contributed by atoms with E-state index in [1.54, 1.807) is 0 Å². The third kappa shape index (κ3) is 2.83. The van der Waals surface area contributed by atoms with Crippen molar-refractivity contribution in [2.24, 2.45) is 0 Å². The zero-order valence-corrected chi connectivity index (χ0v) is 8.44. The maximum Gasteiger partial charge on any atom is 0.184 e. The molecule has 0 bridgehead atoms.